The Labute approximate surface area is 183 Å². The van der Waals surface area contributed by atoms with Crippen LogP contribution in [0.15, 0.2) is 54.6 Å². The quantitative estimate of drug-likeness (QED) is 0.659. The number of para-hydroxylation sites is 2. The maximum atomic E-state index is 13.1. The number of aryl methyl sites for hydroxylation is 1. The van der Waals surface area contributed by atoms with Gasteiger partial charge < -0.3 is 15.2 Å². The number of carbonyl (C=O) groups excluding carboxylic acids is 1. The minimum Gasteiger partial charge on any atom is -0.342 e. The molecule has 29 heavy (non-hydrogen) atoms. The molecule has 1 aromatic heterocycles. The number of benzene rings is 2. The van der Waals surface area contributed by atoms with Gasteiger partial charge in [0, 0.05) is 38.4 Å². The largest absolute Gasteiger partial charge is 0.342 e. The summed E-state index contributed by atoms with van der Waals surface area (Å²) in [5.74, 6) is 2.20. The molecule has 2 aliphatic heterocycles. The average molecular weight is 433 g/mol. The molecule has 5 nitrogen and oxygen atoms in total. The predicted molar refractivity (Wildman–Crippen MR) is 120 cm³/mol. The summed E-state index contributed by atoms with van der Waals surface area (Å²) in [5.41, 5.74) is 3.25. The van der Waals surface area contributed by atoms with Crippen LogP contribution in [0.3, 0.4) is 0 Å². The molecule has 0 aliphatic carbocycles. The van der Waals surface area contributed by atoms with E-state index in [4.69, 9.17) is 0 Å². The van der Waals surface area contributed by atoms with E-state index in [9.17, 15) is 4.79 Å². The van der Waals surface area contributed by atoms with Crippen molar-refractivity contribution in [2.24, 2.45) is 11.8 Å². The van der Waals surface area contributed by atoms with Gasteiger partial charge in [-0.3, -0.25) is 4.79 Å². The van der Waals surface area contributed by atoms with E-state index >= 15 is 0 Å². The van der Waals surface area contributed by atoms with Crippen molar-refractivity contribution in [2.45, 2.75) is 18.9 Å². The van der Waals surface area contributed by atoms with Gasteiger partial charge in [-0.2, -0.15) is 0 Å². The van der Waals surface area contributed by atoms with Crippen molar-refractivity contribution < 1.29 is 4.79 Å². The first-order valence-electron chi connectivity index (χ1n) is 9.78. The second kappa shape index (κ2) is 9.16. The van der Waals surface area contributed by atoms with Crippen molar-refractivity contribution in [1.82, 2.24) is 20.2 Å². The average Bonchev–Trinajstić information content (AvgIpc) is 3.40. The SMILES string of the molecule is Cl.Cl.O=C(CCc1nc2ccccc2[nH]1)N1C[C@@H]2CNC[C@@H]2[C@H]1c1ccccc1. The summed E-state index contributed by atoms with van der Waals surface area (Å²) in [6.07, 6.45) is 1.15. The molecule has 0 spiro atoms. The molecule has 3 heterocycles. The minimum atomic E-state index is 0. The van der Waals surface area contributed by atoms with Crippen molar-refractivity contribution in [3.63, 3.8) is 0 Å². The molecule has 2 saturated heterocycles. The number of H-pyrrole nitrogens is 1. The normalized spacial score (nSPS) is 22.8. The molecular weight excluding hydrogens is 407 g/mol. The fourth-order valence-corrected chi connectivity index (χ4v) is 4.75. The highest BCUT2D eigenvalue weighted by Crippen LogP contribution is 2.42. The smallest absolute Gasteiger partial charge is 0.223 e. The number of aromatic amines is 1. The first-order valence-corrected chi connectivity index (χ1v) is 9.78. The van der Waals surface area contributed by atoms with Gasteiger partial charge in [-0.05, 0) is 23.6 Å². The number of nitrogens with one attached hydrogen (secondary N) is 2. The molecule has 154 valence electrons. The van der Waals surface area contributed by atoms with Gasteiger partial charge in [-0.25, -0.2) is 4.98 Å². The van der Waals surface area contributed by atoms with Crippen molar-refractivity contribution in [3.05, 3.63) is 66.0 Å². The van der Waals surface area contributed by atoms with Gasteiger partial charge in [0.2, 0.25) is 5.91 Å². The van der Waals surface area contributed by atoms with Crippen LogP contribution in [0.1, 0.15) is 23.9 Å². The number of carbonyl (C=O) groups is 1. The fourth-order valence-electron chi connectivity index (χ4n) is 4.75. The second-order valence-corrected chi connectivity index (χ2v) is 7.68. The van der Waals surface area contributed by atoms with Gasteiger partial charge in [-0.15, -0.1) is 24.8 Å². The zero-order chi connectivity index (χ0) is 18.2. The molecule has 0 radical (unpaired) electrons. The van der Waals surface area contributed by atoms with Gasteiger partial charge in [0.1, 0.15) is 5.82 Å². The Hall–Kier alpha value is -2.08. The van der Waals surface area contributed by atoms with Crippen molar-refractivity contribution in [3.8, 4) is 0 Å². The molecule has 0 saturated carbocycles. The van der Waals surface area contributed by atoms with E-state index in [1.54, 1.807) is 0 Å². The maximum absolute atomic E-state index is 13.1. The lowest BCUT2D eigenvalue weighted by Crippen LogP contribution is -2.34. The van der Waals surface area contributed by atoms with E-state index < -0.39 is 0 Å². The van der Waals surface area contributed by atoms with Crippen LogP contribution in [0, 0.1) is 11.8 Å². The molecule has 2 N–H and O–H groups in total. The number of hydrogen-bond acceptors (Lipinski definition) is 3. The Morgan fingerprint density at radius 2 is 1.79 bits per heavy atom. The number of imidazole rings is 1. The van der Waals surface area contributed by atoms with Gasteiger partial charge >= 0.3 is 0 Å². The number of aromatic nitrogens is 2. The van der Waals surface area contributed by atoms with E-state index in [-0.39, 0.29) is 36.8 Å². The minimum absolute atomic E-state index is 0. The fraction of sp³-hybridized carbons (Fsp3) is 0.364. The van der Waals surface area contributed by atoms with Crippen LogP contribution in [0.2, 0.25) is 0 Å². The van der Waals surface area contributed by atoms with Crippen molar-refractivity contribution >= 4 is 41.8 Å². The van der Waals surface area contributed by atoms with Crippen LogP contribution in [0.4, 0.5) is 0 Å². The van der Waals surface area contributed by atoms with Crippen molar-refractivity contribution in [2.75, 3.05) is 19.6 Å². The Morgan fingerprint density at radius 3 is 2.59 bits per heavy atom. The number of halogens is 2. The van der Waals surface area contributed by atoms with Crippen LogP contribution in [-0.4, -0.2) is 40.4 Å². The molecule has 3 atom stereocenters. The summed E-state index contributed by atoms with van der Waals surface area (Å²) in [4.78, 5) is 23.2. The molecule has 3 aromatic rings. The number of rotatable bonds is 4. The molecule has 5 rings (SSSR count). The number of fused-ring (bicyclic) bond motifs is 2. The van der Waals surface area contributed by atoms with Gasteiger partial charge in [0.15, 0.2) is 0 Å². The van der Waals surface area contributed by atoms with Gasteiger partial charge in [-0.1, -0.05) is 42.5 Å². The highest BCUT2D eigenvalue weighted by atomic mass is 35.5. The van der Waals surface area contributed by atoms with E-state index in [1.807, 2.05) is 30.3 Å². The lowest BCUT2D eigenvalue weighted by molar-refractivity contribution is -0.132. The predicted octanol–water partition coefficient (Wildman–Crippen LogP) is 3.76. The molecule has 1 amide bonds. The van der Waals surface area contributed by atoms with E-state index in [1.165, 1.54) is 5.56 Å². The van der Waals surface area contributed by atoms with E-state index in [2.05, 4.69) is 44.5 Å². The third-order valence-electron chi connectivity index (χ3n) is 6.04. The summed E-state index contributed by atoms with van der Waals surface area (Å²) >= 11 is 0. The third kappa shape index (κ3) is 4.13. The second-order valence-electron chi connectivity index (χ2n) is 7.68. The van der Waals surface area contributed by atoms with Crippen LogP contribution >= 0.6 is 24.8 Å². The molecule has 0 bridgehead atoms. The molecule has 7 heteroatoms. The summed E-state index contributed by atoms with van der Waals surface area (Å²) in [7, 11) is 0. The monoisotopic (exact) mass is 432 g/mol. The first kappa shape index (κ1) is 21.6. The van der Waals surface area contributed by atoms with Gasteiger partial charge in [0.05, 0.1) is 17.1 Å². The van der Waals surface area contributed by atoms with E-state index in [0.717, 1.165) is 36.5 Å². The number of likely N-dealkylation sites (tertiary alicyclic amines) is 1. The highest BCUT2D eigenvalue weighted by Gasteiger charge is 2.46. The molecule has 0 unspecified atom stereocenters. The summed E-state index contributed by atoms with van der Waals surface area (Å²) < 4.78 is 0. The topological polar surface area (TPSA) is 61.0 Å². The van der Waals surface area contributed by atoms with Crippen LogP contribution < -0.4 is 5.32 Å². The van der Waals surface area contributed by atoms with Crippen LogP contribution in [0.5, 0.6) is 0 Å². The Kier molecular flexibility index (Phi) is 6.83. The number of amides is 1. The zero-order valence-electron chi connectivity index (χ0n) is 16.1. The first-order chi connectivity index (χ1) is 13.3. The third-order valence-corrected chi connectivity index (χ3v) is 6.04. The van der Waals surface area contributed by atoms with Crippen molar-refractivity contribution in [1.29, 1.82) is 0 Å². The van der Waals surface area contributed by atoms with Crippen LogP contribution in [-0.2, 0) is 11.2 Å². The molecule has 2 fully saturated rings. The molecule has 2 aliphatic rings. The van der Waals surface area contributed by atoms with E-state index in [0.29, 0.717) is 24.7 Å². The number of nitrogens with zero attached hydrogens (tertiary/aromatic N) is 2. The van der Waals surface area contributed by atoms with Crippen LogP contribution in [0.25, 0.3) is 11.0 Å². The summed E-state index contributed by atoms with van der Waals surface area (Å²) in [6, 6.07) is 18.7. The van der Waals surface area contributed by atoms with Gasteiger partial charge in [0.25, 0.3) is 0 Å². The Balaban J connectivity index is 0.00000120. The summed E-state index contributed by atoms with van der Waals surface area (Å²) in [6.45, 7) is 2.87. The Bertz CT molecular complexity index is 929. The zero-order valence-corrected chi connectivity index (χ0v) is 17.7. The Morgan fingerprint density at radius 1 is 1.03 bits per heavy atom. The lowest BCUT2D eigenvalue weighted by Gasteiger charge is -2.28. The lowest BCUT2D eigenvalue weighted by atomic mass is 9.89. The summed E-state index contributed by atoms with van der Waals surface area (Å²) in [5, 5.41) is 3.50. The highest BCUT2D eigenvalue weighted by molar-refractivity contribution is 5.85. The number of hydrogen-bond donors (Lipinski definition) is 2. The molecule has 2 aromatic carbocycles. The molecular formula is C22H26Cl2N4O. The maximum Gasteiger partial charge on any atom is 0.223 e. The standard InChI is InChI=1S/C22H24N4O.2ClH/c27-21(11-10-20-24-18-8-4-5-9-19(18)25-20)26-14-16-12-23-13-17(16)22(26)15-6-2-1-3-7-15;;/h1-9,16-17,22-23H,10-14H2,(H,24,25);2*1H/t16-,17-,22+;;/m0../s1.